The van der Waals surface area contributed by atoms with Gasteiger partial charge in [-0.05, 0) is 58.7 Å². The van der Waals surface area contributed by atoms with Crippen molar-refractivity contribution in [3.05, 3.63) is 35.4 Å². The molecule has 1 rings (SSSR count). The predicted molar refractivity (Wildman–Crippen MR) is 130 cm³/mol. The highest BCUT2D eigenvalue weighted by atomic mass is 127. The Hall–Kier alpha value is -1.35. The van der Waals surface area contributed by atoms with E-state index >= 15 is 0 Å². The van der Waals surface area contributed by atoms with E-state index in [1.54, 1.807) is 7.05 Å². The molecule has 0 saturated heterocycles. The third-order valence-corrected chi connectivity index (χ3v) is 4.42. The van der Waals surface area contributed by atoms with E-state index < -0.39 is 0 Å². The number of guanidine groups is 1. The SMILES string of the molecule is CCNC(=NCCN(C(C)C)C(C)C)NCCc1cccc(C(=O)NC)c1.I. The van der Waals surface area contributed by atoms with Gasteiger partial charge in [0.25, 0.3) is 5.91 Å². The van der Waals surface area contributed by atoms with Crippen LogP contribution in [0.5, 0.6) is 0 Å². The first-order valence-corrected chi connectivity index (χ1v) is 9.98. The molecule has 0 saturated carbocycles. The summed E-state index contributed by atoms with van der Waals surface area (Å²) in [5, 5.41) is 9.34. The number of amides is 1. The predicted octanol–water partition coefficient (Wildman–Crippen LogP) is 2.88. The molecule has 160 valence electrons. The molecule has 6 nitrogen and oxygen atoms in total. The highest BCUT2D eigenvalue weighted by molar-refractivity contribution is 14.0. The summed E-state index contributed by atoms with van der Waals surface area (Å²) in [6.07, 6.45) is 0.833. The highest BCUT2D eigenvalue weighted by Crippen LogP contribution is 2.06. The van der Waals surface area contributed by atoms with Gasteiger partial charge in [-0.25, -0.2) is 0 Å². The molecule has 0 spiro atoms. The van der Waals surface area contributed by atoms with Crippen LogP contribution in [-0.4, -0.2) is 62.1 Å². The zero-order valence-corrected chi connectivity index (χ0v) is 20.5. The van der Waals surface area contributed by atoms with E-state index in [2.05, 4.69) is 55.5 Å². The van der Waals surface area contributed by atoms with Gasteiger partial charge < -0.3 is 16.0 Å². The molecule has 28 heavy (non-hydrogen) atoms. The summed E-state index contributed by atoms with van der Waals surface area (Å²) in [7, 11) is 1.65. The quantitative estimate of drug-likeness (QED) is 0.261. The van der Waals surface area contributed by atoms with E-state index in [0.717, 1.165) is 44.1 Å². The number of aliphatic imine (C=N–C) groups is 1. The smallest absolute Gasteiger partial charge is 0.251 e. The topological polar surface area (TPSA) is 68.8 Å². The summed E-state index contributed by atoms with van der Waals surface area (Å²) in [5.74, 6) is 0.784. The van der Waals surface area contributed by atoms with Crippen LogP contribution < -0.4 is 16.0 Å². The Balaban J connectivity index is 0.00000729. The van der Waals surface area contributed by atoms with E-state index in [4.69, 9.17) is 4.99 Å². The Morgan fingerprint density at radius 1 is 1.14 bits per heavy atom. The molecule has 0 aliphatic rings. The molecule has 0 heterocycles. The molecule has 0 fully saturated rings. The molecule has 0 aliphatic carbocycles. The van der Waals surface area contributed by atoms with Gasteiger partial charge in [0.1, 0.15) is 0 Å². The average molecular weight is 503 g/mol. The minimum absolute atomic E-state index is 0. The van der Waals surface area contributed by atoms with Gasteiger partial charge in [-0.3, -0.25) is 14.7 Å². The summed E-state index contributed by atoms with van der Waals surface area (Å²) < 4.78 is 0. The van der Waals surface area contributed by atoms with Gasteiger partial charge in [-0.2, -0.15) is 0 Å². The fourth-order valence-electron chi connectivity index (χ4n) is 3.07. The number of halogens is 1. The Bertz CT molecular complexity index is 596. The fourth-order valence-corrected chi connectivity index (χ4v) is 3.07. The van der Waals surface area contributed by atoms with Crippen LogP contribution >= 0.6 is 24.0 Å². The summed E-state index contributed by atoms with van der Waals surface area (Å²) >= 11 is 0. The normalized spacial score (nSPS) is 11.5. The van der Waals surface area contributed by atoms with Crippen molar-refractivity contribution in [1.82, 2.24) is 20.9 Å². The summed E-state index contributed by atoms with van der Waals surface area (Å²) in [6.45, 7) is 14.3. The van der Waals surface area contributed by atoms with Crippen molar-refractivity contribution in [1.29, 1.82) is 0 Å². The van der Waals surface area contributed by atoms with Crippen molar-refractivity contribution < 1.29 is 4.79 Å². The lowest BCUT2D eigenvalue weighted by Crippen LogP contribution is -2.41. The number of hydrogen-bond acceptors (Lipinski definition) is 3. The van der Waals surface area contributed by atoms with Crippen LogP contribution in [0.4, 0.5) is 0 Å². The second-order valence-electron chi connectivity index (χ2n) is 7.14. The molecule has 0 radical (unpaired) electrons. The number of hydrogen-bond donors (Lipinski definition) is 3. The van der Waals surface area contributed by atoms with Gasteiger partial charge in [0.15, 0.2) is 5.96 Å². The molecule has 7 heteroatoms. The van der Waals surface area contributed by atoms with Gasteiger partial charge in [0.05, 0.1) is 6.54 Å². The van der Waals surface area contributed by atoms with Crippen LogP contribution in [0.1, 0.15) is 50.5 Å². The third kappa shape index (κ3) is 9.73. The molecule has 0 aromatic heterocycles. The van der Waals surface area contributed by atoms with E-state index in [9.17, 15) is 4.79 Å². The van der Waals surface area contributed by atoms with Gasteiger partial charge in [0.2, 0.25) is 0 Å². The average Bonchev–Trinajstić information content (AvgIpc) is 2.64. The summed E-state index contributed by atoms with van der Waals surface area (Å²) in [4.78, 5) is 18.9. The van der Waals surface area contributed by atoms with Gasteiger partial charge in [-0.1, -0.05) is 12.1 Å². The van der Waals surface area contributed by atoms with Crippen molar-refractivity contribution in [2.45, 2.75) is 53.1 Å². The number of carbonyl (C=O) groups excluding carboxylic acids is 1. The Morgan fingerprint density at radius 3 is 2.39 bits per heavy atom. The minimum atomic E-state index is -0.0560. The van der Waals surface area contributed by atoms with Crippen molar-refractivity contribution in [2.24, 2.45) is 4.99 Å². The maximum atomic E-state index is 11.7. The molecule has 0 aliphatic heterocycles. The Morgan fingerprint density at radius 2 is 1.82 bits per heavy atom. The van der Waals surface area contributed by atoms with Crippen molar-refractivity contribution >= 4 is 35.8 Å². The lowest BCUT2D eigenvalue weighted by atomic mass is 10.1. The number of nitrogens with zero attached hydrogens (tertiary/aromatic N) is 2. The standard InChI is InChI=1S/C21H37N5O.HI/c1-7-23-21(25-13-14-26(16(2)3)17(4)5)24-12-11-18-9-8-10-19(15-18)20(27)22-6;/h8-10,15-17H,7,11-14H2,1-6H3,(H,22,27)(H2,23,24,25);1H. The number of rotatable bonds is 10. The second-order valence-corrected chi connectivity index (χ2v) is 7.14. The largest absolute Gasteiger partial charge is 0.357 e. The number of carbonyl (C=O) groups is 1. The minimum Gasteiger partial charge on any atom is -0.357 e. The zero-order valence-electron chi connectivity index (χ0n) is 18.2. The van der Waals surface area contributed by atoms with E-state index in [1.807, 2.05) is 24.3 Å². The Labute approximate surface area is 188 Å². The monoisotopic (exact) mass is 503 g/mol. The highest BCUT2D eigenvalue weighted by Gasteiger charge is 2.12. The van der Waals surface area contributed by atoms with Crippen LogP contribution in [0.15, 0.2) is 29.3 Å². The first-order chi connectivity index (χ1) is 12.9. The fraction of sp³-hybridized carbons (Fsp3) is 0.619. The molecule has 0 bridgehead atoms. The summed E-state index contributed by atoms with van der Waals surface area (Å²) in [6, 6.07) is 8.77. The van der Waals surface area contributed by atoms with Crippen molar-refractivity contribution in [2.75, 3.05) is 33.2 Å². The van der Waals surface area contributed by atoms with Crippen LogP contribution in [0.25, 0.3) is 0 Å². The van der Waals surface area contributed by atoms with Crippen LogP contribution in [0, 0.1) is 0 Å². The zero-order chi connectivity index (χ0) is 20.2. The maximum Gasteiger partial charge on any atom is 0.251 e. The van der Waals surface area contributed by atoms with Crippen LogP contribution in [-0.2, 0) is 6.42 Å². The number of benzene rings is 1. The van der Waals surface area contributed by atoms with E-state index in [1.165, 1.54) is 0 Å². The van der Waals surface area contributed by atoms with Gasteiger partial charge >= 0.3 is 0 Å². The molecular weight excluding hydrogens is 465 g/mol. The molecule has 1 aromatic rings. The first kappa shape index (κ1) is 26.6. The van der Waals surface area contributed by atoms with Crippen molar-refractivity contribution in [3.63, 3.8) is 0 Å². The van der Waals surface area contributed by atoms with Crippen LogP contribution in [0.3, 0.4) is 0 Å². The van der Waals surface area contributed by atoms with E-state index in [0.29, 0.717) is 17.6 Å². The molecular formula is C21H38IN5O. The second kappa shape index (κ2) is 14.6. The van der Waals surface area contributed by atoms with Crippen LogP contribution in [0.2, 0.25) is 0 Å². The molecule has 1 amide bonds. The Kier molecular flexibility index (Phi) is 13.9. The lowest BCUT2D eigenvalue weighted by Gasteiger charge is -2.29. The third-order valence-electron chi connectivity index (χ3n) is 4.42. The molecule has 0 atom stereocenters. The van der Waals surface area contributed by atoms with Gasteiger partial charge in [-0.15, -0.1) is 24.0 Å². The lowest BCUT2D eigenvalue weighted by molar-refractivity contribution is 0.0963. The summed E-state index contributed by atoms with van der Waals surface area (Å²) in [5.41, 5.74) is 1.82. The molecule has 1 aromatic carbocycles. The first-order valence-electron chi connectivity index (χ1n) is 9.98. The van der Waals surface area contributed by atoms with Gasteiger partial charge in [0, 0.05) is 44.3 Å². The van der Waals surface area contributed by atoms with E-state index in [-0.39, 0.29) is 29.9 Å². The van der Waals surface area contributed by atoms with Crippen molar-refractivity contribution in [3.8, 4) is 0 Å². The maximum absolute atomic E-state index is 11.7. The molecule has 3 N–H and O–H groups in total. The molecule has 0 unspecified atom stereocenters. The number of nitrogens with one attached hydrogen (secondary N) is 3.